The van der Waals surface area contributed by atoms with Gasteiger partial charge >= 0.3 is 0 Å². The third kappa shape index (κ3) is 4.60. The SMILES string of the molecule is COc1ccccc1NC(=O)c1nnn(CC(=O)Nc2ccc(C)cc2C)c1C. The summed E-state index contributed by atoms with van der Waals surface area (Å²) in [5.74, 6) is -0.131. The minimum atomic E-state index is -0.423. The molecule has 0 atom stereocenters. The lowest BCUT2D eigenvalue weighted by atomic mass is 10.1. The highest BCUT2D eigenvalue weighted by Crippen LogP contribution is 2.23. The van der Waals surface area contributed by atoms with E-state index in [4.69, 9.17) is 4.74 Å². The number of ether oxygens (including phenoxy) is 1. The molecule has 8 nitrogen and oxygen atoms in total. The Morgan fingerprint density at radius 2 is 1.79 bits per heavy atom. The molecule has 1 aromatic heterocycles. The van der Waals surface area contributed by atoms with E-state index in [-0.39, 0.29) is 18.1 Å². The van der Waals surface area contributed by atoms with Gasteiger partial charge in [0.25, 0.3) is 5.91 Å². The summed E-state index contributed by atoms with van der Waals surface area (Å²) in [6.45, 7) is 5.58. The first kappa shape index (κ1) is 20.1. The normalized spacial score (nSPS) is 10.5. The summed E-state index contributed by atoms with van der Waals surface area (Å²) >= 11 is 0. The van der Waals surface area contributed by atoms with E-state index in [0.29, 0.717) is 17.1 Å². The molecule has 0 spiro atoms. The zero-order chi connectivity index (χ0) is 21.0. The molecule has 8 heteroatoms. The maximum absolute atomic E-state index is 12.6. The number of nitrogens with one attached hydrogen (secondary N) is 2. The van der Waals surface area contributed by atoms with E-state index in [2.05, 4.69) is 20.9 Å². The largest absolute Gasteiger partial charge is 0.495 e. The van der Waals surface area contributed by atoms with E-state index in [1.54, 1.807) is 25.1 Å². The van der Waals surface area contributed by atoms with Crippen LogP contribution in [-0.4, -0.2) is 33.9 Å². The van der Waals surface area contributed by atoms with E-state index in [1.807, 2.05) is 38.1 Å². The summed E-state index contributed by atoms with van der Waals surface area (Å²) in [6.07, 6.45) is 0. The third-order valence-corrected chi connectivity index (χ3v) is 4.50. The van der Waals surface area contributed by atoms with Crippen molar-refractivity contribution >= 4 is 23.2 Å². The number of methoxy groups -OCH3 is 1. The fraction of sp³-hybridized carbons (Fsp3) is 0.238. The fourth-order valence-corrected chi connectivity index (χ4v) is 2.93. The van der Waals surface area contributed by atoms with Crippen LogP contribution in [0.25, 0.3) is 0 Å². The summed E-state index contributed by atoms with van der Waals surface area (Å²) < 4.78 is 6.63. The van der Waals surface area contributed by atoms with Crippen LogP contribution in [0.5, 0.6) is 5.75 Å². The number of anilines is 2. The van der Waals surface area contributed by atoms with Crippen LogP contribution in [0.1, 0.15) is 27.3 Å². The van der Waals surface area contributed by atoms with Gasteiger partial charge in [0.15, 0.2) is 5.69 Å². The molecular formula is C21H23N5O3. The summed E-state index contributed by atoms with van der Waals surface area (Å²) in [5.41, 5.74) is 4.02. The average Bonchev–Trinajstić information content (AvgIpc) is 3.05. The second kappa shape index (κ2) is 8.55. The lowest BCUT2D eigenvalue weighted by Gasteiger charge is -2.10. The molecule has 3 aromatic rings. The highest BCUT2D eigenvalue weighted by atomic mass is 16.5. The van der Waals surface area contributed by atoms with Crippen LogP contribution >= 0.6 is 0 Å². The van der Waals surface area contributed by atoms with Gasteiger partial charge in [-0.15, -0.1) is 5.10 Å². The van der Waals surface area contributed by atoms with Crippen molar-refractivity contribution in [3.63, 3.8) is 0 Å². The first-order chi connectivity index (χ1) is 13.9. The molecule has 3 rings (SSSR count). The van der Waals surface area contributed by atoms with Crippen molar-refractivity contribution in [3.05, 3.63) is 65.0 Å². The van der Waals surface area contributed by atoms with Crippen molar-refractivity contribution in [1.82, 2.24) is 15.0 Å². The van der Waals surface area contributed by atoms with Gasteiger partial charge in [0.05, 0.1) is 18.5 Å². The zero-order valence-corrected chi connectivity index (χ0v) is 16.8. The van der Waals surface area contributed by atoms with E-state index in [9.17, 15) is 9.59 Å². The van der Waals surface area contributed by atoms with Crippen LogP contribution < -0.4 is 15.4 Å². The van der Waals surface area contributed by atoms with Crippen molar-refractivity contribution in [1.29, 1.82) is 0 Å². The van der Waals surface area contributed by atoms with Gasteiger partial charge in [-0.2, -0.15) is 0 Å². The van der Waals surface area contributed by atoms with Gasteiger partial charge < -0.3 is 15.4 Å². The molecule has 0 aliphatic carbocycles. The maximum atomic E-state index is 12.6. The Kier molecular flexibility index (Phi) is 5.92. The standard InChI is InChI=1S/C21H23N5O3/c1-13-9-10-16(14(2)11-13)22-19(27)12-26-15(3)20(24-25-26)21(28)23-17-7-5-6-8-18(17)29-4/h5-11H,12H2,1-4H3,(H,22,27)(H,23,28). The molecule has 0 saturated carbocycles. The molecule has 0 bridgehead atoms. The monoisotopic (exact) mass is 393 g/mol. The predicted octanol–water partition coefficient (Wildman–Crippen LogP) is 3.10. The molecule has 2 N–H and O–H groups in total. The Hall–Kier alpha value is -3.68. The number of hydrogen-bond acceptors (Lipinski definition) is 5. The number of carbonyl (C=O) groups excluding carboxylic acids is 2. The Morgan fingerprint density at radius 1 is 1.03 bits per heavy atom. The summed E-state index contributed by atoms with van der Waals surface area (Å²) in [5, 5.41) is 13.5. The van der Waals surface area contributed by atoms with Crippen molar-refractivity contribution in [3.8, 4) is 5.75 Å². The summed E-state index contributed by atoms with van der Waals surface area (Å²) in [7, 11) is 1.53. The molecule has 2 amide bonds. The maximum Gasteiger partial charge on any atom is 0.278 e. The van der Waals surface area contributed by atoms with Gasteiger partial charge in [-0.3, -0.25) is 9.59 Å². The molecule has 0 fully saturated rings. The predicted molar refractivity (Wildman–Crippen MR) is 110 cm³/mol. The van der Waals surface area contributed by atoms with E-state index < -0.39 is 5.91 Å². The van der Waals surface area contributed by atoms with Crippen molar-refractivity contribution < 1.29 is 14.3 Å². The van der Waals surface area contributed by atoms with Gasteiger partial charge in [0, 0.05) is 5.69 Å². The molecule has 0 radical (unpaired) electrons. The molecule has 0 saturated heterocycles. The van der Waals surface area contributed by atoms with Crippen LogP contribution in [0.2, 0.25) is 0 Å². The number of benzene rings is 2. The van der Waals surface area contributed by atoms with Crippen LogP contribution in [-0.2, 0) is 11.3 Å². The lowest BCUT2D eigenvalue weighted by Crippen LogP contribution is -2.21. The third-order valence-electron chi connectivity index (χ3n) is 4.50. The first-order valence-corrected chi connectivity index (χ1v) is 9.10. The minimum Gasteiger partial charge on any atom is -0.495 e. The van der Waals surface area contributed by atoms with Crippen molar-refractivity contribution in [2.45, 2.75) is 27.3 Å². The van der Waals surface area contributed by atoms with E-state index >= 15 is 0 Å². The number of para-hydroxylation sites is 2. The zero-order valence-electron chi connectivity index (χ0n) is 16.8. The second-order valence-electron chi connectivity index (χ2n) is 6.70. The minimum absolute atomic E-state index is 0.0475. The van der Waals surface area contributed by atoms with Gasteiger partial charge in [0.2, 0.25) is 5.91 Å². The Balaban J connectivity index is 1.70. The number of nitrogens with zero attached hydrogens (tertiary/aromatic N) is 3. The van der Waals surface area contributed by atoms with Crippen LogP contribution in [0.15, 0.2) is 42.5 Å². The van der Waals surface area contributed by atoms with E-state index in [0.717, 1.165) is 16.8 Å². The van der Waals surface area contributed by atoms with Gasteiger partial charge in [0.1, 0.15) is 12.3 Å². The molecule has 29 heavy (non-hydrogen) atoms. The molecule has 0 unspecified atom stereocenters. The number of hydrogen-bond donors (Lipinski definition) is 2. The molecule has 150 valence electrons. The van der Waals surface area contributed by atoms with Crippen LogP contribution in [0, 0.1) is 20.8 Å². The average molecular weight is 393 g/mol. The van der Waals surface area contributed by atoms with Crippen LogP contribution in [0.3, 0.4) is 0 Å². The molecule has 1 heterocycles. The summed E-state index contributed by atoms with van der Waals surface area (Å²) in [6, 6.07) is 12.9. The highest BCUT2D eigenvalue weighted by Gasteiger charge is 2.19. The van der Waals surface area contributed by atoms with Crippen molar-refractivity contribution in [2.75, 3.05) is 17.7 Å². The lowest BCUT2D eigenvalue weighted by molar-refractivity contribution is -0.117. The first-order valence-electron chi connectivity index (χ1n) is 9.10. The van der Waals surface area contributed by atoms with Gasteiger partial charge in [-0.1, -0.05) is 35.0 Å². The fourth-order valence-electron chi connectivity index (χ4n) is 2.93. The number of carbonyl (C=O) groups is 2. The van der Waals surface area contributed by atoms with Gasteiger partial charge in [-0.25, -0.2) is 4.68 Å². The molecule has 0 aliphatic rings. The smallest absolute Gasteiger partial charge is 0.278 e. The number of aromatic nitrogens is 3. The Labute approximate surface area is 168 Å². The Bertz CT molecular complexity index is 1060. The van der Waals surface area contributed by atoms with Crippen LogP contribution in [0.4, 0.5) is 11.4 Å². The highest BCUT2D eigenvalue weighted by molar-refractivity contribution is 6.04. The quantitative estimate of drug-likeness (QED) is 0.671. The van der Waals surface area contributed by atoms with Gasteiger partial charge in [-0.05, 0) is 44.5 Å². The van der Waals surface area contributed by atoms with E-state index in [1.165, 1.54) is 11.8 Å². The molecule has 2 aromatic carbocycles. The number of aryl methyl sites for hydroxylation is 2. The topological polar surface area (TPSA) is 98.1 Å². The molecule has 0 aliphatic heterocycles. The number of amides is 2. The Morgan fingerprint density at radius 3 is 2.52 bits per heavy atom. The second-order valence-corrected chi connectivity index (χ2v) is 6.70. The number of rotatable bonds is 6. The summed E-state index contributed by atoms with van der Waals surface area (Å²) in [4.78, 5) is 25.0. The van der Waals surface area contributed by atoms with Crippen molar-refractivity contribution in [2.24, 2.45) is 0 Å². The molecular weight excluding hydrogens is 370 g/mol.